The Bertz CT molecular complexity index is 2850. The van der Waals surface area contributed by atoms with Crippen LogP contribution < -0.4 is 0 Å². The molecule has 0 radical (unpaired) electrons. The van der Waals surface area contributed by atoms with Gasteiger partial charge in [0.2, 0.25) is 0 Å². The van der Waals surface area contributed by atoms with Gasteiger partial charge in [0.25, 0.3) is 0 Å². The van der Waals surface area contributed by atoms with Gasteiger partial charge in [-0.2, -0.15) is 0 Å². The van der Waals surface area contributed by atoms with Crippen molar-refractivity contribution in [1.82, 2.24) is 19.9 Å². The number of aromatic nitrogens is 4. The molecule has 0 atom stereocenters. The molecule has 224 valence electrons. The lowest BCUT2D eigenvalue weighted by atomic mass is 9.96. The van der Waals surface area contributed by atoms with Crippen molar-refractivity contribution in [1.29, 1.82) is 0 Å². The zero-order valence-electron chi connectivity index (χ0n) is 25.5. The Labute approximate surface area is 274 Å². The predicted molar refractivity (Wildman–Crippen MR) is 191 cm³/mol. The van der Waals surface area contributed by atoms with E-state index in [0.717, 1.165) is 82.5 Å². The van der Waals surface area contributed by atoms with Crippen LogP contribution in [0.25, 0.3) is 99.9 Å². The van der Waals surface area contributed by atoms with Crippen LogP contribution in [0.4, 0.5) is 0 Å². The van der Waals surface area contributed by atoms with E-state index in [2.05, 4.69) is 53.5 Å². The van der Waals surface area contributed by atoms with Crippen LogP contribution in [-0.4, -0.2) is 19.9 Å². The van der Waals surface area contributed by atoms with Crippen LogP contribution in [0, 0.1) is 0 Å². The summed E-state index contributed by atoms with van der Waals surface area (Å²) >= 11 is 0. The summed E-state index contributed by atoms with van der Waals surface area (Å²) in [6, 6.07) is 44.9. The molecule has 0 unspecified atom stereocenters. The van der Waals surface area contributed by atoms with E-state index < -0.39 is 0 Å². The van der Waals surface area contributed by atoms with E-state index in [1.54, 1.807) is 6.20 Å². The molecule has 6 heteroatoms. The molecular weight excluding hydrogens is 592 g/mol. The molecule has 4 heterocycles. The number of rotatable bonds is 4. The second kappa shape index (κ2) is 10.4. The molecule has 10 aromatic rings. The Kier molecular flexibility index (Phi) is 5.77. The number of fused-ring (bicyclic) bond motifs is 8. The molecule has 0 saturated carbocycles. The lowest BCUT2D eigenvalue weighted by Gasteiger charge is -2.13. The van der Waals surface area contributed by atoms with Crippen LogP contribution in [0.1, 0.15) is 0 Å². The molecule has 0 amide bonds. The highest BCUT2D eigenvalue weighted by molar-refractivity contribution is 6.19. The topological polar surface area (TPSA) is 77.8 Å². The van der Waals surface area contributed by atoms with Gasteiger partial charge in [-0.05, 0) is 29.1 Å². The van der Waals surface area contributed by atoms with Crippen LogP contribution >= 0.6 is 0 Å². The Hall–Kier alpha value is -6.66. The minimum atomic E-state index is 0.564. The maximum absolute atomic E-state index is 6.48. The Morgan fingerprint density at radius 3 is 1.94 bits per heavy atom. The quantitative estimate of drug-likeness (QED) is 0.196. The van der Waals surface area contributed by atoms with E-state index >= 15 is 0 Å². The van der Waals surface area contributed by atoms with E-state index in [1.807, 2.05) is 91.1 Å². The summed E-state index contributed by atoms with van der Waals surface area (Å²) in [5.41, 5.74) is 7.74. The van der Waals surface area contributed by atoms with Crippen LogP contribution in [0.15, 0.2) is 155 Å². The highest BCUT2D eigenvalue weighted by atomic mass is 16.3. The average Bonchev–Trinajstić information content (AvgIpc) is 3.74. The average molecular weight is 617 g/mol. The molecule has 0 spiro atoms. The lowest BCUT2D eigenvalue weighted by molar-refractivity contribution is 0.669. The molecule has 0 fully saturated rings. The lowest BCUT2D eigenvalue weighted by Crippen LogP contribution is -2.01. The Morgan fingerprint density at radius 1 is 0.375 bits per heavy atom. The van der Waals surface area contributed by atoms with E-state index in [-0.39, 0.29) is 0 Å². The Balaban J connectivity index is 1.24. The number of hydrogen-bond donors (Lipinski definition) is 0. The van der Waals surface area contributed by atoms with Crippen LogP contribution in [0.5, 0.6) is 0 Å². The summed E-state index contributed by atoms with van der Waals surface area (Å²) in [7, 11) is 0. The van der Waals surface area contributed by atoms with Gasteiger partial charge in [-0.3, -0.25) is 4.98 Å². The van der Waals surface area contributed by atoms with E-state index in [9.17, 15) is 0 Å². The van der Waals surface area contributed by atoms with Crippen molar-refractivity contribution in [3.05, 3.63) is 146 Å². The van der Waals surface area contributed by atoms with Crippen molar-refractivity contribution in [2.24, 2.45) is 0 Å². The molecule has 10 rings (SSSR count). The smallest absolute Gasteiger partial charge is 0.164 e. The van der Waals surface area contributed by atoms with Crippen molar-refractivity contribution in [2.45, 2.75) is 0 Å². The number of nitrogens with zero attached hydrogens (tertiary/aromatic N) is 4. The van der Waals surface area contributed by atoms with Crippen molar-refractivity contribution in [2.75, 3.05) is 0 Å². The monoisotopic (exact) mass is 616 g/mol. The minimum absolute atomic E-state index is 0.564. The fourth-order valence-electron chi connectivity index (χ4n) is 6.87. The van der Waals surface area contributed by atoms with Gasteiger partial charge in [0.05, 0.1) is 6.20 Å². The molecule has 6 nitrogen and oxygen atoms in total. The highest BCUT2D eigenvalue weighted by Gasteiger charge is 2.21. The molecule has 0 aliphatic carbocycles. The van der Waals surface area contributed by atoms with Gasteiger partial charge in [-0.25, -0.2) is 15.0 Å². The number of hydrogen-bond acceptors (Lipinski definition) is 6. The van der Waals surface area contributed by atoms with Crippen molar-refractivity contribution < 1.29 is 8.83 Å². The first kappa shape index (κ1) is 26.5. The highest BCUT2D eigenvalue weighted by Crippen LogP contribution is 2.42. The first-order valence-corrected chi connectivity index (χ1v) is 15.8. The maximum atomic E-state index is 6.48. The number of pyridine rings is 1. The SMILES string of the molecule is c1ccc(-c2nc(-c3ccccc3-c3cncc4oc5c6ccccc6ccc5c34)nc(-c3cccc4oc5ccccc5c34)n2)cc1. The van der Waals surface area contributed by atoms with Gasteiger partial charge in [0.15, 0.2) is 23.1 Å². The molecule has 0 bridgehead atoms. The van der Waals surface area contributed by atoms with Crippen molar-refractivity contribution in [3.8, 4) is 45.3 Å². The maximum Gasteiger partial charge on any atom is 0.164 e. The normalized spacial score (nSPS) is 11.8. The summed E-state index contributed by atoms with van der Waals surface area (Å²) in [5, 5.41) is 6.24. The molecule has 0 aliphatic heterocycles. The number of benzene rings is 6. The number of para-hydroxylation sites is 1. The van der Waals surface area contributed by atoms with Crippen molar-refractivity contribution >= 4 is 54.6 Å². The number of furan rings is 2. The molecule has 0 saturated heterocycles. The summed E-state index contributed by atoms with van der Waals surface area (Å²) in [5.74, 6) is 1.73. The van der Waals surface area contributed by atoms with Crippen LogP contribution in [0.3, 0.4) is 0 Å². The second-order valence-corrected chi connectivity index (χ2v) is 11.8. The zero-order valence-corrected chi connectivity index (χ0v) is 25.5. The molecule has 0 N–H and O–H groups in total. The van der Waals surface area contributed by atoms with E-state index in [0.29, 0.717) is 17.5 Å². The van der Waals surface area contributed by atoms with Gasteiger partial charge in [-0.15, -0.1) is 0 Å². The largest absolute Gasteiger partial charge is 0.456 e. The minimum Gasteiger partial charge on any atom is -0.456 e. The summed E-state index contributed by atoms with van der Waals surface area (Å²) < 4.78 is 12.7. The molecular formula is C42H24N4O2. The van der Waals surface area contributed by atoms with Gasteiger partial charge in [0.1, 0.15) is 16.7 Å². The standard InChI is InChI=1S/C42H24N4O2/c1-2-12-26(13-3-1)40-44-41(46-42(45-40)32-18-10-20-35-37(32)30-17-8-9-19-34(30)47-35)29-16-7-6-15-28(29)33-23-43-24-36-38(33)31-22-21-25-11-4-5-14-27(25)39(31)48-36/h1-24H. The van der Waals surface area contributed by atoms with E-state index in [1.165, 1.54) is 0 Å². The molecule has 0 aliphatic rings. The molecule has 6 aromatic carbocycles. The predicted octanol–water partition coefficient (Wildman–Crippen LogP) is 10.9. The van der Waals surface area contributed by atoms with Crippen molar-refractivity contribution in [3.63, 3.8) is 0 Å². The van der Waals surface area contributed by atoms with Gasteiger partial charge >= 0.3 is 0 Å². The van der Waals surface area contributed by atoms with E-state index in [4.69, 9.17) is 23.8 Å². The first-order chi connectivity index (χ1) is 23.8. The second-order valence-electron chi connectivity index (χ2n) is 11.8. The van der Waals surface area contributed by atoms with Gasteiger partial charge < -0.3 is 8.83 Å². The summed E-state index contributed by atoms with van der Waals surface area (Å²) in [6.45, 7) is 0. The third kappa shape index (κ3) is 4.06. The summed E-state index contributed by atoms with van der Waals surface area (Å²) in [6.07, 6.45) is 3.70. The van der Waals surface area contributed by atoms with Gasteiger partial charge in [-0.1, -0.05) is 115 Å². The first-order valence-electron chi connectivity index (χ1n) is 15.8. The fourth-order valence-corrected chi connectivity index (χ4v) is 6.87. The fraction of sp³-hybridized carbons (Fsp3) is 0. The Morgan fingerprint density at radius 2 is 1.04 bits per heavy atom. The molecule has 4 aromatic heterocycles. The van der Waals surface area contributed by atoms with Crippen LogP contribution in [0.2, 0.25) is 0 Å². The van der Waals surface area contributed by atoms with Crippen LogP contribution in [-0.2, 0) is 0 Å². The zero-order chi connectivity index (χ0) is 31.6. The third-order valence-corrected chi connectivity index (χ3v) is 9.04. The molecule has 48 heavy (non-hydrogen) atoms. The third-order valence-electron chi connectivity index (χ3n) is 9.04. The summed E-state index contributed by atoms with van der Waals surface area (Å²) in [4.78, 5) is 20.0. The van der Waals surface area contributed by atoms with Gasteiger partial charge in [0, 0.05) is 55.4 Å².